The van der Waals surface area contributed by atoms with Crippen molar-refractivity contribution in [2.45, 2.75) is 56.2 Å². The summed E-state index contributed by atoms with van der Waals surface area (Å²) in [7, 11) is 0. The van der Waals surface area contributed by atoms with Crippen molar-refractivity contribution in [2.24, 2.45) is 0 Å². The first-order chi connectivity index (χ1) is 18.3. The predicted molar refractivity (Wildman–Crippen MR) is 155 cm³/mol. The number of para-hydroxylation sites is 1. The Labute approximate surface area is 228 Å². The third kappa shape index (κ3) is 6.53. The summed E-state index contributed by atoms with van der Waals surface area (Å²) in [6.07, 6.45) is 4.99. The molecule has 7 heteroatoms. The van der Waals surface area contributed by atoms with E-state index in [0.29, 0.717) is 5.69 Å². The summed E-state index contributed by atoms with van der Waals surface area (Å²) >= 11 is 1.30. The van der Waals surface area contributed by atoms with E-state index in [1.54, 1.807) is 13.8 Å². The van der Waals surface area contributed by atoms with Gasteiger partial charge in [0.25, 0.3) is 5.91 Å². The van der Waals surface area contributed by atoms with Gasteiger partial charge in [0.2, 0.25) is 0 Å². The van der Waals surface area contributed by atoms with Crippen LogP contribution in [0.1, 0.15) is 50.5 Å². The van der Waals surface area contributed by atoms with Gasteiger partial charge in [0.1, 0.15) is 16.3 Å². The second-order valence-electron chi connectivity index (χ2n) is 9.66. The number of hydrogen-bond acceptors (Lipinski definition) is 4. The zero-order valence-electron chi connectivity index (χ0n) is 22.0. The molecule has 0 aliphatic carbocycles. The number of aromatic nitrogens is 2. The highest BCUT2D eigenvalue weighted by Gasteiger charge is 2.28. The summed E-state index contributed by atoms with van der Waals surface area (Å²) in [5.74, 6) is -0.404. The molecular formula is C31H33N3O3S. The van der Waals surface area contributed by atoms with E-state index >= 15 is 0 Å². The van der Waals surface area contributed by atoms with Crippen LogP contribution in [0.3, 0.4) is 0 Å². The van der Waals surface area contributed by atoms with E-state index in [-0.39, 0.29) is 5.91 Å². The number of carboxylic acid groups (broad SMARTS) is 1. The van der Waals surface area contributed by atoms with Gasteiger partial charge in [-0.25, -0.2) is 4.98 Å². The number of anilines is 1. The molecule has 38 heavy (non-hydrogen) atoms. The van der Waals surface area contributed by atoms with Gasteiger partial charge in [-0.05, 0) is 44.0 Å². The van der Waals surface area contributed by atoms with Gasteiger partial charge in [-0.1, -0.05) is 80.4 Å². The van der Waals surface area contributed by atoms with Crippen LogP contribution in [-0.4, -0.2) is 31.3 Å². The largest absolute Gasteiger partial charge is 0.480 e. The molecule has 1 amide bonds. The number of unbranched alkanes of at least 4 members (excludes halogenated alkanes) is 2. The maximum Gasteiger partial charge on any atom is 0.319 e. The zero-order valence-corrected chi connectivity index (χ0v) is 22.8. The number of nitrogens with one attached hydrogen (secondary N) is 1. The van der Waals surface area contributed by atoms with Crippen molar-refractivity contribution in [2.75, 3.05) is 5.32 Å². The van der Waals surface area contributed by atoms with Gasteiger partial charge in [0, 0.05) is 34.5 Å². The van der Waals surface area contributed by atoms with Crippen molar-refractivity contribution < 1.29 is 14.7 Å². The van der Waals surface area contributed by atoms with Crippen molar-refractivity contribution in [3.63, 3.8) is 0 Å². The minimum Gasteiger partial charge on any atom is -0.480 e. The Bertz CT molecular complexity index is 1400. The molecule has 0 fully saturated rings. The molecule has 1 aromatic heterocycles. The lowest BCUT2D eigenvalue weighted by Crippen LogP contribution is -2.26. The van der Waals surface area contributed by atoms with Gasteiger partial charge >= 0.3 is 5.97 Å². The third-order valence-electron chi connectivity index (χ3n) is 6.27. The highest BCUT2D eigenvalue weighted by Crippen LogP contribution is 2.34. The fourth-order valence-electron chi connectivity index (χ4n) is 4.12. The van der Waals surface area contributed by atoms with E-state index in [2.05, 4.69) is 12.2 Å². The molecule has 196 valence electrons. The lowest BCUT2D eigenvalue weighted by atomic mass is 10.0. The fourth-order valence-corrected chi connectivity index (χ4v) is 5.07. The first kappa shape index (κ1) is 27.2. The van der Waals surface area contributed by atoms with Crippen LogP contribution in [-0.2, 0) is 11.3 Å². The van der Waals surface area contributed by atoms with E-state index in [1.807, 2.05) is 89.6 Å². The molecule has 0 atom stereocenters. The Kier molecular flexibility index (Phi) is 8.69. The van der Waals surface area contributed by atoms with Crippen molar-refractivity contribution in [1.29, 1.82) is 0 Å². The standard InChI is InChI=1S/C31H33N3O3S/c1-4-5-11-20-34-21-27(29(35)33-26-15-10-9-14-25(26)22-12-7-6-8-13-22)32-28(34)23-16-18-24(19-17-23)38-31(2,3)30(36)37/h6-10,12-19,21H,4-5,11,20H2,1-3H3,(H,33,35)(H,36,37). The van der Waals surface area contributed by atoms with Gasteiger partial charge in [0.15, 0.2) is 0 Å². The van der Waals surface area contributed by atoms with Crippen LogP contribution < -0.4 is 5.32 Å². The van der Waals surface area contributed by atoms with Crippen LogP contribution in [0, 0.1) is 0 Å². The molecule has 0 aliphatic rings. The number of amides is 1. The number of carbonyl (C=O) groups excluding carboxylic acids is 1. The quantitative estimate of drug-likeness (QED) is 0.155. The molecule has 0 aliphatic heterocycles. The lowest BCUT2D eigenvalue weighted by molar-refractivity contribution is -0.138. The van der Waals surface area contributed by atoms with Crippen LogP contribution in [0.15, 0.2) is 90.0 Å². The molecule has 0 saturated carbocycles. The number of hydrogen-bond donors (Lipinski definition) is 2. The number of benzene rings is 3. The van der Waals surface area contributed by atoms with Crippen LogP contribution in [0.25, 0.3) is 22.5 Å². The summed E-state index contributed by atoms with van der Waals surface area (Å²) in [4.78, 5) is 30.5. The number of rotatable bonds is 11. The smallest absolute Gasteiger partial charge is 0.319 e. The molecule has 2 N–H and O–H groups in total. The first-order valence-electron chi connectivity index (χ1n) is 12.8. The number of nitrogens with zero attached hydrogens (tertiary/aromatic N) is 2. The van der Waals surface area contributed by atoms with E-state index in [1.165, 1.54) is 11.8 Å². The van der Waals surface area contributed by atoms with Crippen LogP contribution in [0.4, 0.5) is 5.69 Å². The Balaban J connectivity index is 1.60. The monoisotopic (exact) mass is 527 g/mol. The maximum atomic E-state index is 13.4. The molecule has 3 aromatic carbocycles. The van der Waals surface area contributed by atoms with Crippen LogP contribution in [0.5, 0.6) is 0 Å². The minimum absolute atomic E-state index is 0.265. The number of imidazole rings is 1. The average Bonchev–Trinajstić information content (AvgIpc) is 3.34. The second kappa shape index (κ2) is 12.1. The van der Waals surface area contributed by atoms with Gasteiger partial charge in [-0.15, -0.1) is 11.8 Å². The Morgan fingerprint density at radius 1 is 0.921 bits per heavy atom. The molecule has 4 rings (SSSR count). The predicted octanol–water partition coefficient (Wildman–Crippen LogP) is 7.61. The Morgan fingerprint density at radius 3 is 2.29 bits per heavy atom. The number of carbonyl (C=O) groups is 2. The molecule has 6 nitrogen and oxygen atoms in total. The van der Waals surface area contributed by atoms with Gasteiger partial charge in [-0.2, -0.15) is 0 Å². The molecule has 0 bridgehead atoms. The molecule has 0 spiro atoms. The second-order valence-corrected chi connectivity index (χ2v) is 11.4. The summed E-state index contributed by atoms with van der Waals surface area (Å²) in [6, 6.07) is 25.4. The minimum atomic E-state index is -0.929. The summed E-state index contributed by atoms with van der Waals surface area (Å²) < 4.78 is 1.11. The molecule has 0 radical (unpaired) electrons. The average molecular weight is 528 g/mol. The van der Waals surface area contributed by atoms with Gasteiger partial charge < -0.3 is 15.0 Å². The SMILES string of the molecule is CCCCCn1cc(C(=O)Nc2ccccc2-c2ccccc2)nc1-c1ccc(SC(C)(C)C(=O)O)cc1. The normalized spacial score (nSPS) is 11.3. The number of aliphatic carboxylic acids is 1. The molecule has 0 saturated heterocycles. The topological polar surface area (TPSA) is 84.2 Å². The molecule has 1 heterocycles. The van der Waals surface area contributed by atoms with E-state index in [0.717, 1.165) is 58.9 Å². The fraction of sp³-hybridized carbons (Fsp3) is 0.258. The molecule has 0 unspecified atom stereocenters. The van der Waals surface area contributed by atoms with Crippen molar-refractivity contribution >= 4 is 29.3 Å². The third-order valence-corrected chi connectivity index (χ3v) is 7.47. The Morgan fingerprint density at radius 2 is 1.61 bits per heavy atom. The summed E-state index contributed by atoms with van der Waals surface area (Å²) in [5.41, 5.74) is 3.93. The number of carboxylic acids is 1. The lowest BCUT2D eigenvalue weighted by Gasteiger charge is -2.18. The van der Waals surface area contributed by atoms with E-state index < -0.39 is 10.7 Å². The van der Waals surface area contributed by atoms with Crippen molar-refractivity contribution in [3.05, 3.63) is 90.8 Å². The van der Waals surface area contributed by atoms with Crippen molar-refractivity contribution in [3.8, 4) is 22.5 Å². The first-order valence-corrected chi connectivity index (χ1v) is 13.7. The van der Waals surface area contributed by atoms with E-state index in [9.17, 15) is 14.7 Å². The molecular weight excluding hydrogens is 494 g/mol. The maximum absolute atomic E-state index is 13.4. The number of thioether (sulfide) groups is 1. The van der Waals surface area contributed by atoms with Crippen molar-refractivity contribution in [1.82, 2.24) is 9.55 Å². The highest BCUT2D eigenvalue weighted by atomic mass is 32.2. The van der Waals surface area contributed by atoms with Crippen LogP contribution in [0.2, 0.25) is 0 Å². The highest BCUT2D eigenvalue weighted by molar-refractivity contribution is 8.01. The van der Waals surface area contributed by atoms with Gasteiger partial charge in [-0.3, -0.25) is 9.59 Å². The Hall–Kier alpha value is -3.84. The van der Waals surface area contributed by atoms with Gasteiger partial charge in [0.05, 0.1) is 0 Å². The molecule has 4 aromatic rings. The number of aryl methyl sites for hydroxylation is 1. The zero-order chi connectivity index (χ0) is 27.1. The van der Waals surface area contributed by atoms with Crippen LogP contribution >= 0.6 is 11.8 Å². The summed E-state index contributed by atoms with van der Waals surface area (Å²) in [5, 5.41) is 12.5. The van der Waals surface area contributed by atoms with E-state index in [4.69, 9.17) is 4.98 Å². The summed E-state index contributed by atoms with van der Waals surface area (Å²) in [6.45, 7) is 6.30.